The third-order valence-corrected chi connectivity index (χ3v) is 23.8. The van der Waals surface area contributed by atoms with E-state index >= 15 is 0 Å². The molecule has 0 bridgehead atoms. The van der Waals surface area contributed by atoms with Crippen molar-refractivity contribution in [1.82, 2.24) is 45.9 Å². The number of imide groups is 2. The molecule has 0 aromatic heterocycles. The molecule has 3 heterocycles. The zero-order valence-corrected chi connectivity index (χ0v) is 69.2. The number of hydrogen-bond acceptors (Lipinski definition) is 21. The number of β-amino-alcohol motifs (C(OH)–C–C–N with tert-alkyl or cyclic N) is 1. The van der Waals surface area contributed by atoms with Crippen LogP contribution in [0.1, 0.15) is 196 Å². The number of Topliss-reactive ketones (excluding diaryl/α,β-unsaturated/α-hetero) is 2. The van der Waals surface area contributed by atoms with Crippen LogP contribution >= 0.6 is 11.8 Å². The molecule has 1 saturated carbocycles. The molecule has 113 heavy (non-hydrogen) atoms. The van der Waals surface area contributed by atoms with Gasteiger partial charge in [0.05, 0.1) is 78.6 Å². The third-order valence-electron chi connectivity index (χ3n) is 22.2. The van der Waals surface area contributed by atoms with Crippen molar-refractivity contribution in [2.24, 2.45) is 52.6 Å². The Bertz CT molecular complexity index is 3610. The number of likely N-dealkylation sites (tertiary alicyclic amines) is 2. The van der Waals surface area contributed by atoms with Crippen LogP contribution in [0.5, 0.6) is 0 Å². The highest BCUT2D eigenvalue weighted by Crippen LogP contribution is 2.52. The van der Waals surface area contributed by atoms with E-state index in [2.05, 4.69) is 26.6 Å². The van der Waals surface area contributed by atoms with E-state index in [4.69, 9.17) is 24.8 Å². The molecule has 2 unspecified atom stereocenters. The number of ether oxygens (including phenoxy) is 3. The molecule has 30 nitrogen and oxygen atoms in total. The number of likely N-dealkylation sites (N-methyl/N-ethyl adjacent to an activating group) is 2. The number of alkyl carbamates (subject to hydrolysis) is 1. The number of unbranched alkanes of at least 4 members (excludes halogenated alkanes) is 2. The van der Waals surface area contributed by atoms with Gasteiger partial charge in [-0.05, 0) is 130 Å². The Hall–Kier alpha value is -8.46. The second kappa shape index (κ2) is 43.9. The first-order valence-corrected chi connectivity index (χ1v) is 40.6. The standard InChI is InChI=1S/C81H122FN11O19S/c1-16-49(8)73(90(13)77(105)58(46(2)3)39-61(96)72(48(6)7)89(11)12)62(109-14)40-67(100)92-43-57(94)38-59(92)74(110-15)50(9)75(103)85-51(10)71(53-25-27-55(82)28-26-53)88-80(108)111-44-52-23-29-56(30-24-52)86-76(104)54(21-20-35-84-79(83)107)37-60(95)70(47(4)5)87-64(97)22-18-17-19-36-91-68(101)41-63(78(91)106)113-45-81(33-34-81)42-69(102)112-93-65(98)31-32-66(93)99/h23-30,46-51,54,57-59,62-63,70-74,94H,16-22,31-45H2,1-15H3,(H,85,103)(H,86,104)(H,87,97)(H,88,108)(H3,83,84,107)/t49-,50+,51+,54+,57-,58-,59-,62+,63?,70-,71?,72-,73-,74+/m0/s1. The molecule has 14 atom stereocenters. The minimum absolute atomic E-state index is 0.00580. The summed E-state index contributed by atoms with van der Waals surface area (Å²) in [6.07, 6.45) is -0.275. The number of primary amides is 1. The minimum Gasteiger partial charge on any atom is -0.445 e. The maximum absolute atomic E-state index is 14.7. The summed E-state index contributed by atoms with van der Waals surface area (Å²) >= 11 is 1.30. The maximum Gasteiger partial charge on any atom is 0.408 e. The molecule has 32 heteroatoms. The van der Waals surface area contributed by atoms with Crippen molar-refractivity contribution in [2.75, 3.05) is 66.1 Å². The smallest absolute Gasteiger partial charge is 0.408 e. The first-order chi connectivity index (χ1) is 53.3. The second-order valence-corrected chi connectivity index (χ2v) is 33.4. The number of halogens is 1. The maximum atomic E-state index is 14.7. The number of thioether (sulfide) groups is 1. The zero-order chi connectivity index (χ0) is 83.9. The number of aliphatic hydroxyl groups excluding tert-OH is 1. The fourth-order valence-corrected chi connectivity index (χ4v) is 16.9. The first-order valence-electron chi connectivity index (χ1n) is 39.6. The van der Waals surface area contributed by atoms with E-state index in [1.807, 2.05) is 60.5 Å². The lowest BCUT2D eigenvalue weighted by atomic mass is 9.83. The Balaban J connectivity index is 1.01. The Morgan fingerprint density at radius 1 is 0.752 bits per heavy atom. The van der Waals surface area contributed by atoms with Crippen LogP contribution in [0.3, 0.4) is 0 Å². The van der Waals surface area contributed by atoms with E-state index in [0.717, 1.165) is 0 Å². The molecule has 628 valence electrons. The van der Waals surface area contributed by atoms with Crippen molar-refractivity contribution in [3.63, 3.8) is 0 Å². The predicted molar refractivity (Wildman–Crippen MR) is 419 cm³/mol. The average Bonchev–Trinajstić information content (AvgIpc) is 1.24. The summed E-state index contributed by atoms with van der Waals surface area (Å²) in [5, 5.41) is 25.0. The third kappa shape index (κ3) is 27.1. The predicted octanol–water partition coefficient (Wildman–Crippen LogP) is 7.31. The molecule has 1 aliphatic carbocycles. The van der Waals surface area contributed by atoms with Gasteiger partial charge < -0.3 is 66.3 Å². The zero-order valence-electron chi connectivity index (χ0n) is 68.4. The molecule has 3 aliphatic heterocycles. The van der Waals surface area contributed by atoms with Crippen molar-refractivity contribution < 1.29 is 95.7 Å². The summed E-state index contributed by atoms with van der Waals surface area (Å²) in [5.41, 5.74) is 6.08. The van der Waals surface area contributed by atoms with Crippen molar-refractivity contribution in [1.29, 1.82) is 0 Å². The van der Waals surface area contributed by atoms with Crippen LogP contribution in [0.2, 0.25) is 0 Å². The van der Waals surface area contributed by atoms with Gasteiger partial charge in [0.25, 0.3) is 11.8 Å². The largest absolute Gasteiger partial charge is 0.445 e. The summed E-state index contributed by atoms with van der Waals surface area (Å²) in [4.78, 5) is 198. The number of carbonyl (C=O) groups is 14. The van der Waals surface area contributed by atoms with Crippen LogP contribution in [0.4, 0.5) is 19.7 Å². The monoisotopic (exact) mass is 1600 g/mol. The number of benzene rings is 2. The van der Waals surface area contributed by atoms with E-state index < -0.39 is 142 Å². The van der Waals surface area contributed by atoms with Gasteiger partial charge in [0, 0.05) is 103 Å². The normalized spacial score (nSPS) is 19.7. The number of hydrogen-bond donors (Lipinski definition) is 7. The van der Waals surface area contributed by atoms with E-state index in [1.54, 1.807) is 63.9 Å². The number of hydroxylamine groups is 2. The Morgan fingerprint density at radius 2 is 1.41 bits per heavy atom. The lowest BCUT2D eigenvalue weighted by Gasteiger charge is -2.41. The molecule has 6 rings (SSSR count). The molecule has 2 aromatic rings. The van der Waals surface area contributed by atoms with Crippen LogP contribution in [-0.2, 0) is 83.2 Å². The fourth-order valence-electron chi connectivity index (χ4n) is 15.4. The number of amides is 12. The minimum atomic E-state index is -0.996. The van der Waals surface area contributed by atoms with E-state index in [-0.39, 0.29) is 150 Å². The highest BCUT2D eigenvalue weighted by atomic mass is 32.2. The van der Waals surface area contributed by atoms with Crippen molar-refractivity contribution >= 4 is 100 Å². The molecule has 2 aromatic carbocycles. The number of aliphatic hydroxyl groups is 1. The van der Waals surface area contributed by atoms with Crippen LogP contribution < -0.4 is 32.3 Å². The SMILES string of the molecule is CC[C@H](C)[C@@H]([C@@H](CC(=O)N1C[C@@H](O)C[C@H]1[C@H](OC)[C@@H](C)C(=O)N[C@H](C)C(NC(=O)OCc1ccc(NC(=O)[C@H](CCCNC(N)=O)CC(=O)[C@@H](NC(=O)CCCCCN2C(=O)CC(SCC3(CC(=O)ON4C(=O)CCC4=O)CC3)C2=O)C(C)C)cc1)c1ccc(F)cc1)OC)N(C)C(=O)[C@@H](CC(=O)[C@H](C(C)C)N(C)C)C(C)C. The number of carbonyl (C=O) groups excluding carboxylic acids is 14. The molecule has 12 amide bonds. The fraction of sp³-hybridized carbons (Fsp3) is 0.679. The van der Waals surface area contributed by atoms with Crippen molar-refractivity contribution in [2.45, 2.75) is 245 Å². The van der Waals surface area contributed by atoms with Gasteiger partial charge in [-0.1, -0.05) is 99.4 Å². The van der Waals surface area contributed by atoms with Crippen LogP contribution in [0, 0.1) is 52.7 Å². The quantitative estimate of drug-likeness (QED) is 0.0252. The van der Waals surface area contributed by atoms with Crippen LogP contribution in [0.25, 0.3) is 0 Å². The van der Waals surface area contributed by atoms with Crippen LogP contribution in [0.15, 0.2) is 48.5 Å². The van der Waals surface area contributed by atoms with Gasteiger partial charge in [0.1, 0.15) is 12.4 Å². The molecule has 0 radical (unpaired) electrons. The molecular formula is C81H122FN11O19S. The number of methoxy groups -OCH3 is 2. The molecular weight excluding hydrogens is 1480 g/mol. The van der Waals surface area contributed by atoms with E-state index in [1.165, 1.54) is 60.0 Å². The Morgan fingerprint density at radius 3 is 1.98 bits per heavy atom. The number of anilines is 1. The average molecular weight is 1600 g/mol. The summed E-state index contributed by atoms with van der Waals surface area (Å²) in [6.45, 7) is 18.5. The number of nitrogens with one attached hydrogen (secondary N) is 5. The van der Waals surface area contributed by atoms with Crippen LogP contribution in [-0.4, -0.2) is 227 Å². The summed E-state index contributed by atoms with van der Waals surface area (Å²) in [5.74, 6) is -8.35. The molecule has 8 N–H and O–H groups in total. The first kappa shape index (κ1) is 93.4. The van der Waals surface area contributed by atoms with Gasteiger partial charge in [-0.15, -0.1) is 16.8 Å². The summed E-state index contributed by atoms with van der Waals surface area (Å²) < 4.78 is 32.2. The lowest BCUT2D eigenvalue weighted by molar-refractivity contribution is -0.198. The Kier molecular flexibility index (Phi) is 36.3. The van der Waals surface area contributed by atoms with Crippen molar-refractivity contribution in [3.05, 3.63) is 65.5 Å². The molecule has 0 spiro atoms. The molecule has 3 saturated heterocycles. The lowest BCUT2D eigenvalue weighted by Crippen LogP contribution is -2.55. The number of ketones is 2. The van der Waals surface area contributed by atoms with E-state index in [0.29, 0.717) is 66.2 Å². The van der Waals surface area contributed by atoms with Gasteiger partial charge in [-0.25, -0.2) is 18.8 Å². The molecule has 4 fully saturated rings. The van der Waals surface area contributed by atoms with Gasteiger partial charge in [0.15, 0.2) is 11.6 Å². The van der Waals surface area contributed by atoms with Gasteiger partial charge >= 0.3 is 18.1 Å². The van der Waals surface area contributed by atoms with Gasteiger partial charge in [-0.3, -0.25) is 62.5 Å². The summed E-state index contributed by atoms with van der Waals surface area (Å²) in [7, 11) is 8.27. The number of nitrogens with zero attached hydrogens (tertiary/aromatic N) is 5. The van der Waals surface area contributed by atoms with E-state index in [9.17, 15) is 76.6 Å². The highest BCUT2D eigenvalue weighted by molar-refractivity contribution is 8.00. The Labute approximate surface area is 667 Å². The number of rotatable bonds is 47. The second-order valence-electron chi connectivity index (χ2n) is 32.2. The summed E-state index contributed by atoms with van der Waals surface area (Å²) in [6, 6.07) is 6.30. The van der Waals surface area contributed by atoms with Crippen molar-refractivity contribution in [3.8, 4) is 0 Å². The van der Waals surface area contributed by atoms with Gasteiger partial charge in [-0.2, -0.15) is 0 Å². The topological polar surface area (TPSA) is 398 Å². The number of nitrogens with two attached hydrogens (primary N) is 1. The highest BCUT2D eigenvalue weighted by Gasteiger charge is 2.50. The van der Waals surface area contributed by atoms with Gasteiger partial charge in [0.2, 0.25) is 41.4 Å². The number of urea groups is 1. The molecule has 4 aliphatic rings.